The Hall–Kier alpha value is -0.120. The van der Waals surface area contributed by atoms with E-state index >= 15 is 0 Å². The Morgan fingerprint density at radius 3 is 2.36 bits per heavy atom. The summed E-state index contributed by atoms with van der Waals surface area (Å²) in [5.74, 6) is 5.02. The fourth-order valence-corrected chi connectivity index (χ4v) is 1.49. The van der Waals surface area contributed by atoms with Crippen molar-refractivity contribution in [2.24, 2.45) is 16.7 Å². The minimum absolute atomic E-state index is 0.0492. The second-order valence-corrected chi connectivity index (χ2v) is 4.13. The van der Waals surface area contributed by atoms with Crippen LogP contribution in [-0.2, 0) is 4.84 Å². The van der Waals surface area contributed by atoms with Gasteiger partial charge in [0.05, 0.1) is 6.61 Å². The van der Waals surface area contributed by atoms with E-state index in [-0.39, 0.29) is 17.4 Å². The number of hydrogen-bond acceptors (Lipinski definition) is 3. The summed E-state index contributed by atoms with van der Waals surface area (Å²) in [5.41, 5.74) is 0.100. The van der Waals surface area contributed by atoms with Gasteiger partial charge in [0.2, 0.25) is 0 Å². The molecule has 1 aliphatic carbocycles. The van der Waals surface area contributed by atoms with Crippen LogP contribution in [0.1, 0.15) is 26.7 Å². The van der Waals surface area contributed by atoms with Gasteiger partial charge in [0.1, 0.15) is 0 Å². The molecule has 3 N–H and O–H groups in total. The highest BCUT2D eigenvalue weighted by molar-refractivity contribution is 5.03. The van der Waals surface area contributed by atoms with Gasteiger partial charge in [-0.3, -0.25) is 0 Å². The highest BCUT2D eigenvalue weighted by Gasteiger charge is 2.54. The van der Waals surface area contributed by atoms with Crippen molar-refractivity contribution in [1.29, 1.82) is 0 Å². The van der Waals surface area contributed by atoms with Crippen LogP contribution in [-0.4, -0.2) is 18.3 Å². The van der Waals surface area contributed by atoms with Gasteiger partial charge in [-0.1, -0.05) is 13.8 Å². The highest BCUT2D eigenvalue weighted by Crippen LogP contribution is 2.58. The lowest BCUT2D eigenvalue weighted by Crippen LogP contribution is -2.34. The first kappa shape index (κ1) is 8.97. The van der Waals surface area contributed by atoms with Crippen molar-refractivity contribution >= 4 is 0 Å². The molecule has 0 aromatic rings. The second kappa shape index (κ2) is 2.73. The Labute approximate surface area is 67.5 Å². The zero-order chi connectivity index (χ0) is 8.54. The molecule has 66 valence electrons. The zero-order valence-corrected chi connectivity index (χ0v) is 7.26. The molecule has 0 aromatic heterocycles. The van der Waals surface area contributed by atoms with Crippen molar-refractivity contribution in [2.75, 3.05) is 13.2 Å². The number of aliphatic hydroxyl groups excluding tert-OH is 1. The molecular weight excluding hydrogens is 142 g/mol. The average Bonchev–Trinajstić information content (AvgIpc) is 2.70. The first-order valence-corrected chi connectivity index (χ1v) is 4.00. The molecule has 0 unspecified atom stereocenters. The Morgan fingerprint density at radius 1 is 1.55 bits per heavy atom. The summed E-state index contributed by atoms with van der Waals surface area (Å²) < 4.78 is 0. The van der Waals surface area contributed by atoms with Gasteiger partial charge in [-0.05, 0) is 18.3 Å². The Bertz CT molecular complexity index is 141. The number of nitrogens with two attached hydrogens (primary N) is 1. The van der Waals surface area contributed by atoms with Gasteiger partial charge in [-0.2, -0.15) is 0 Å². The molecule has 0 saturated heterocycles. The molecule has 0 spiro atoms. The molecule has 0 aliphatic heterocycles. The summed E-state index contributed by atoms with van der Waals surface area (Å²) in [6.45, 7) is 4.88. The van der Waals surface area contributed by atoms with Crippen molar-refractivity contribution in [3.8, 4) is 0 Å². The molecule has 0 heterocycles. The molecule has 3 heteroatoms. The molecule has 0 radical (unpaired) electrons. The summed E-state index contributed by atoms with van der Waals surface area (Å²) in [6.07, 6.45) is 2.25. The van der Waals surface area contributed by atoms with Crippen molar-refractivity contribution in [2.45, 2.75) is 26.7 Å². The summed E-state index contributed by atoms with van der Waals surface area (Å²) >= 11 is 0. The fraction of sp³-hybridized carbons (Fsp3) is 1.00. The molecule has 1 saturated carbocycles. The van der Waals surface area contributed by atoms with Crippen molar-refractivity contribution < 1.29 is 9.94 Å². The maximum Gasteiger partial charge on any atom is 0.0741 e. The number of aliphatic hydroxyl groups is 1. The summed E-state index contributed by atoms with van der Waals surface area (Å²) in [5, 5.41) is 9.10. The lowest BCUT2D eigenvalue weighted by molar-refractivity contribution is 0.00269. The van der Waals surface area contributed by atoms with Crippen LogP contribution in [0.5, 0.6) is 0 Å². The molecule has 0 aromatic carbocycles. The van der Waals surface area contributed by atoms with E-state index in [4.69, 9.17) is 11.0 Å². The molecule has 1 rings (SSSR count). The minimum Gasteiger partial charge on any atom is -0.396 e. The topological polar surface area (TPSA) is 55.5 Å². The molecule has 3 nitrogen and oxygen atoms in total. The van der Waals surface area contributed by atoms with E-state index in [0.717, 1.165) is 12.8 Å². The van der Waals surface area contributed by atoms with Gasteiger partial charge in [0.15, 0.2) is 0 Å². The normalized spacial score (nSPS) is 21.8. The third kappa shape index (κ3) is 1.41. The standard InChI is InChI=1S/C8H17NO2/c1-7(2,5-10)8(3-4-8)6-11-9/h10H,3-6,9H2,1-2H3. The Morgan fingerprint density at radius 2 is 2.09 bits per heavy atom. The van der Waals surface area contributed by atoms with E-state index in [1.54, 1.807) is 0 Å². The van der Waals surface area contributed by atoms with Crippen LogP contribution in [0.3, 0.4) is 0 Å². The third-order valence-corrected chi connectivity index (χ3v) is 3.04. The third-order valence-electron chi connectivity index (χ3n) is 3.04. The molecule has 0 atom stereocenters. The molecule has 0 bridgehead atoms. The van der Waals surface area contributed by atoms with Crippen LogP contribution >= 0.6 is 0 Å². The van der Waals surface area contributed by atoms with Gasteiger partial charge in [-0.25, -0.2) is 5.90 Å². The van der Waals surface area contributed by atoms with Crippen molar-refractivity contribution in [3.05, 3.63) is 0 Å². The summed E-state index contributed by atoms with van der Waals surface area (Å²) in [7, 11) is 0. The maximum absolute atomic E-state index is 9.10. The van der Waals surface area contributed by atoms with E-state index in [0.29, 0.717) is 6.61 Å². The predicted octanol–water partition coefficient (Wildman–Crippen LogP) is 0.675. The van der Waals surface area contributed by atoms with Crippen LogP contribution in [0.2, 0.25) is 0 Å². The van der Waals surface area contributed by atoms with Crippen molar-refractivity contribution in [1.82, 2.24) is 0 Å². The maximum atomic E-state index is 9.10. The zero-order valence-electron chi connectivity index (χ0n) is 7.26. The van der Waals surface area contributed by atoms with E-state index in [1.165, 1.54) is 0 Å². The number of hydrogen-bond donors (Lipinski definition) is 2. The number of rotatable bonds is 4. The van der Waals surface area contributed by atoms with Crippen LogP contribution in [0.15, 0.2) is 0 Å². The Kier molecular flexibility index (Phi) is 2.23. The van der Waals surface area contributed by atoms with Crippen LogP contribution < -0.4 is 5.90 Å². The Balaban J connectivity index is 2.56. The van der Waals surface area contributed by atoms with Gasteiger partial charge in [-0.15, -0.1) is 0 Å². The fourth-order valence-electron chi connectivity index (χ4n) is 1.49. The lowest BCUT2D eigenvalue weighted by Gasteiger charge is -2.31. The van der Waals surface area contributed by atoms with Gasteiger partial charge in [0.25, 0.3) is 0 Å². The van der Waals surface area contributed by atoms with Gasteiger partial charge >= 0.3 is 0 Å². The first-order chi connectivity index (χ1) is 5.08. The second-order valence-electron chi connectivity index (χ2n) is 4.13. The molecule has 1 aliphatic rings. The van der Waals surface area contributed by atoms with Crippen molar-refractivity contribution in [3.63, 3.8) is 0 Å². The minimum atomic E-state index is -0.0492. The largest absolute Gasteiger partial charge is 0.396 e. The van der Waals surface area contributed by atoms with Crippen LogP contribution in [0, 0.1) is 10.8 Å². The van der Waals surface area contributed by atoms with E-state index in [2.05, 4.69) is 18.7 Å². The monoisotopic (exact) mass is 159 g/mol. The smallest absolute Gasteiger partial charge is 0.0741 e. The quantitative estimate of drug-likeness (QED) is 0.593. The summed E-state index contributed by atoms with van der Waals surface area (Å²) in [4.78, 5) is 4.65. The SMILES string of the molecule is CC(C)(CO)C1(CON)CC1. The summed E-state index contributed by atoms with van der Waals surface area (Å²) in [6, 6.07) is 0. The van der Waals surface area contributed by atoms with E-state index in [9.17, 15) is 0 Å². The van der Waals surface area contributed by atoms with E-state index < -0.39 is 0 Å². The predicted molar refractivity (Wildman–Crippen MR) is 42.7 cm³/mol. The first-order valence-electron chi connectivity index (χ1n) is 4.00. The van der Waals surface area contributed by atoms with Gasteiger partial charge in [0, 0.05) is 12.0 Å². The molecular formula is C8H17NO2. The highest BCUT2D eigenvalue weighted by atomic mass is 16.6. The van der Waals surface area contributed by atoms with E-state index in [1.807, 2.05) is 0 Å². The molecule has 11 heavy (non-hydrogen) atoms. The van der Waals surface area contributed by atoms with Gasteiger partial charge < -0.3 is 9.94 Å². The average molecular weight is 159 g/mol. The van der Waals surface area contributed by atoms with Crippen LogP contribution in [0.4, 0.5) is 0 Å². The lowest BCUT2D eigenvalue weighted by atomic mass is 9.77. The van der Waals surface area contributed by atoms with Crippen LogP contribution in [0.25, 0.3) is 0 Å². The molecule has 0 amide bonds. The molecule has 1 fully saturated rings.